The molecule has 1 fully saturated rings. The Balaban J connectivity index is 1.89. The van der Waals surface area contributed by atoms with Crippen LogP contribution in [0.5, 0.6) is 5.75 Å². The van der Waals surface area contributed by atoms with Crippen LogP contribution in [-0.4, -0.2) is 40.8 Å². The zero-order valence-electron chi connectivity index (χ0n) is 12.9. The molecule has 1 aliphatic rings. The van der Waals surface area contributed by atoms with Gasteiger partial charge in [0.15, 0.2) is 5.75 Å². The van der Waals surface area contributed by atoms with Crippen LogP contribution >= 0.6 is 23.2 Å². The average molecular weight is 347 g/mol. The first-order valence-corrected chi connectivity index (χ1v) is 7.95. The van der Waals surface area contributed by atoms with Crippen molar-refractivity contribution >= 4 is 29.3 Å². The quantitative estimate of drug-likeness (QED) is 0.806. The number of aromatic nitrogens is 1. The molecule has 0 radical (unpaired) electrons. The van der Waals surface area contributed by atoms with Gasteiger partial charge in [0.2, 0.25) is 0 Å². The summed E-state index contributed by atoms with van der Waals surface area (Å²) >= 11 is 12.1. The Morgan fingerprint density at radius 1 is 1.23 bits per heavy atom. The van der Waals surface area contributed by atoms with E-state index in [1.54, 1.807) is 4.90 Å². The van der Waals surface area contributed by atoms with E-state index in [2.05, 4.69) is 4.98 Å². The van der Waals surface area contributed by atoms with Gasteiger partial charge in [-0.25, -0.2) is 4.79 Å². The van der Waals surface area contributed by atoms with E-state index in [-0.39, 0.29) is 12.2 Å². The molecule has 1 aliphatic heterocycles. The molecule has 0 N–H and O–H groups in total. The van der Waals surface area contributed by atoms with E-state index < -0.39 is 5.60 Å². The second-order valence-electron chi connectivity index (χ2n) is 6.22. The number of halogens is 2. The van der Waals surface area contributed by atoms with Crippen molar-refractivity contribution in [3.8, 4) is 5.75 Å². The van der Waals surface area contributed by atoms with Crippen molar-refractivity contribution in [1.29, 1.82) is 0 Å². The first-order valence-electron chi connectivity index (χ1n) is 7.20. The lowest BCUT2D eigenvalue weighted by atomic mass is 10.1. The summed E-state index contributed by atoms with van der Waals surface area (Å²) in [5.74, 6) is 0.453. The molecule has 0 aromatic carbocycles. The van der Waals surface area contributed by atoms with E-state index in [1.807, 2.05) is 20.8 Å². The molecular formula is C15H20Cl2N2O3. The van der Waals surface area contributed by atoms with Gasteiger partial charge in [0, 0.05) is 38.3 Å². The number of hydrogen-bond acceptors (Lipinski definition) is 4. The van der Waals surface area contributed by atoms with Crippen LogP contribution in [0, 0.1) is 0 Å². The molecule has 2 heterocycles. The Labute approximate surface area is 140 Å². The van der Waals surface area contributed by atoms with E-state index in [1.165, 1.54) is 12.4 Å². The van der Waals surface area contributed by atoms with Gasteiger partial charge in [0.05, 0.1) is 0 Å². The molecule has 1 aromatic rings. The van der Waals surface area contributed by atoms with E-state index in [4.69, 9.17) is 32.7 Å². The highest BCUT2D eigenvalue weighted by Gasteiger charge is 2.28. The summed E-state index contributed by atoms with van der Waals surface area (Å²) in [6.07, 6.45) is 4.08. The van der Waals surface area contributed by atoms with Crippen LogP contribution in [0.2, 0.25) is 10.0 Å². The van der Waals surface area contributed by atoms with Crippen LogP contribution in [0.4, 0.5) is 4.79 Å². The number of ether oxygens (including phenoxy) is 2. The topological polar surface area (TPSA) is 51.7 Å². The molecule has 1 saturated heterocycles. The highest BCUT2D eigenvalue weighted by molar-refractivity contribution is 6.36. The third kappa shape index (κ3) is 4.65. The summed E-state index contributed by atoms with van der Waals surface area (Å²) in [7, 11) is 0. The van der Waals surface area contributed by atoms with Gasteiger partial charge in [0.1, 0.15) is 21.8 Å². The van der Waals surface area contributed by atoms with Crippen LogP contribution in [-0.2, 0) is 4.74 Å². The van der Waals surface area contributed by atoms with E-state index in [0.29, 0.717) is 41.7 Å². The molecule has 0 unspecified atom stereocenters. The van der Waals surface area contributed by atoms with Crippen LogP contribution in [0.1, 0.15) is 33.6 Å². The highest BCUT2D eigenvalue weighted by atomic mass is 35.5. The fourth-order valence-electron chi connectivity index (χ4n) is 2.16. The summed E-state index contributed by atoms with van der Waals surface area (Å²) in [4.78, 5) is 17.6. The van der Waals surface area contributed by atoms with Crippen molar-refractivity contribution < 1.29 is 14.3 Å². The van der Waals surface area contributed by atoms with Gasteiger partial charge >= 0.3 is 6.09 Å². The standard InChI is InChI=1S/C15H20Cl2N2O3/c1-15(2,3)22-14(20)19-6-4-10(5-7-19)21-13-11(16)8-18-9-12(13)17/h8-10H,4-7H2,1-3H3. The number of likely N-dealkylation sites (tertiary alicyclic amines) is 1. The summed E-state index contributed by atoms with van der Waals surface area (Å²) in [5.41, 5.74) is -0.484. The monoisotopic (exact) mass is 346 g/mol. The fourth-order valence-corrected chi connectivity index (χ4v) is 2.62. The Bertz CT molecular complexity index is 518. The van der Waals surface area contributed by atoms with Gasteiger partial charge in [-0.1, -0.05) is 23.2 Å². The van der Waals surface area contributed by atoms with Crippen LogP contribution in [0.15, 0.2) is 12.4 Å². The summed E-state index contributed by atoms with van der Waals surface area (Å²) in [6.45, 7) is 6.73. The van der Waals surface area contributed by atoms with Crippen molar-refractivity contribution in [3.63, 3.8) is 0 Å². The Hall–Kier alpha value is -1.20. The van der Waals surface area contributed by atoms with E-state index in [9.17, 15) is 4.79 Å². The molecular weight excluding hydrogens is 327 g/mol. The molecule has 2 rings (SSSR count). The van der Waals surface area contributed by atoms with Crippen molar-refractivity contribution in [2.75, 3.05) is 13.1 Å². The number of carbonyl (C=O) groups is 1. The molecule has 122 valence electrons. The summed E-state index contributed by atoms with van der Waals surface area (Å²) in [5, 5.41) is 0.782. The number of nitrogens with zero attached hydrogens (tertiary/aromatic N) is 2. The Morgan fingerprint density at radius 2 is 1.77 bits per heavy atom. The molecule has 1 amide bonds. The Morgan fingerprint density at radius 3 is 2.27 bits per heavy atom. The lowest BCUT2D eigenvalue weighted by Crippen LogP contribution is -2.44. The van der Waals surface area contributed by atoms with Crippen LogP contribution in [0.3, 0.4) is 0 Å². The molecule has 5 nitrogen and oxygen atoms in total. The normalized spacial score (nSPS) is 16.5. The third-order valence-electron chi connectivity index (χ3n) is 3.19. The minimum atomic E-state index is -0.484. The maximum Gasteiger partial charge on any atom is 0.410 e. The summed E-state index contributed by atoms with van der Waals surface area (Å²) < 4.78 is 11.2. The SMILES string of the molecule is CC(C)(C)OC(=O)N1CCC(Oc2c(Cl)cncc2Cl)CC1. The van der Waals surface area contributed by atoms with Crippen molar-refractivity contribution in [2.24, 2.45) is 0 Å². The maximum absolute atomic E-state index is 12.0. The van der Waals surface area contributed by atoms with Crippen molar-refractivity contribution in [2.45, 2.75) is 45.3 Å². The molecule has 1 aromatic heterocycles. The number of carbonyl (C=O) groups excluding carboxylic acids is 1. The molecule has 0 bridgehead atoms. The number of rotatable bonds is 2. The molecule has 0 saturated carbocycles. The zero-order valence-corrected chi connectivity index (χ0v) is 14.4. The summed E-state index contributed by atoms with van der Waals surface area (Å²) in [6, 6.07) is 0. The van der Waals surface area contributed by atoms with Crippen LogP contribution in [0.25, 0.3) is 0 Å². The van der Waals surface area contributed by atoms with Crippen molar-refractivity contribution in [1.82, 2.24) is 9.88 Å². The molecule has 7 heteroatoms. The smallest absolute Gasteiger partial charge is 0.410 e. The van der Waals surface area contributed by atoms with Gasteiger partial charge < -0.3 is 14.4 Å². The fraction of sp³-hybridized carbons (Fsp3) is 0.600. The molecule has 0 spiro atoms. The largest absolute Gasteiger partial charge is 0.487 e. The van der Waals surface area contributed by atoms with E-state index >= 15 is 0 Å². The second-order valence-corrected chi connectivity index (χ2v) is 7.03. The molecule has 0 aliphatic carbocycles. The van der Waals surface area contributed by atoms with E-state index in [0.717, 1.165) is 0 Å². The third-order valence-corrected chi connectivity index (χ3v) is 3.73. The number of pyridine rings is 1. The first-order chi connectivity index (χ1) is 10.3. The lowest BCUT2D eigenvalue weighted by Gasteiger charge is -2.33. The predicted molar refractivity (Wildman–Crippen MR) is 85.7 cm³/mol. The minimum absolute atomic E-state index is 0.0314. The van der Waals surface area contributed by atoms with Gasteiger partial charge in [0.25, 0.3) is 0 Å². The molecule has 0 atom stereocenters. The first kappa shape index (κ1) is 17.2. The van der Waals surface area contributed by atoms with Gasteiger partial charge in [-0.15, -0.1) is 0 Å². The van der Waals surface area contributed by atoms with Crippen LogP contribution < -0.4 is 4.74 Å². The number of amides is 1. The lowest BCUT2D eigenvalue weighted by molar-refractivity contribution is 0.0126. The van der Waals surface area contributed by atoms with Gasteiger partial charge in [-0.05, 0) is 20.8 Å². The number of piperidine rings is 1. The highest BCUT2D eigenvalue weighted by Crippen LogP contribution is 2.33. The number of hydrogen-bond donors (Lipinski definition) is 0. The molecule has 22 heavy (non-hydrogen) atoms. The predicted octanol–water partition coefficient (Wildman–Crippen LogP) is 4.17. The zero-order chi connectivity index (χ0) is 16.3. The van der Waals surface area contributed by atoms with Gasteiger partial charge in [-0.3, -0.25) is 4.98 Å². The average Bonchev–Trinajstić information content (AvgIpc) is 2.42. The van der Waals surface area contributed by atoms with Gasteiger partial charge in [-0.2, -0.15) is 0 Å². The van der Waals surface area contributed by atoms with Crippen molar-refractivity contribution in [3.05, 3.63) is 22.4 Å². The minimum Gasteiger partial charge on any atom is -0.487 e. The second kappa shape index (κ2) is 6.92. The Kier molecular flexibility index (Phi) is 5.40. The maximum atomic E-state index is 12.0.